The Morgan fingerprint density at radius 2 is 1.84 bits per heavy atom. The number of nitrogens with zero attached hydrogens (tertiary/aromatic N) is 1. The number of amides is 1. The molecule has 8 heteroatoms. The Bertz CT molecular complexity index is 748. The molecule has 1 aliphatic rings. The molecule has 0 unspecified atom stereocenters. The van der Waals surface area contributed by atoms with E-state index in [1.165, 1.54) is 17.0 Å². The van der Waals surface area contributed by atoms with E-state index in [0.29, 0.717) is 0 Å². The van der Waals surface area contributed by atoms with E-state index in [0.717, 1.165) is 5.56 Å². The highest BCUT2D eigenvalue weighted by molar-refractivity contribution is 7.86. The summed E-state index contributed by atoms with van der Waals surface area (Å²) in [5, 5.41) is 0. The lowest BCUT2D eigenvalue weighted by Crippen LogP contribution is -2.42. The zero-order chi connectivity index (χ0) is 18.8. The molecule has 1 amide bonds. The van der Waals surface area contributed by atoms with E-state index in [4.69, 9.17) is 8.92 Å². The number of rotatable bonds is 4. The van der Waals surface area contributed by atoms with Gasteiger partial charge in [-0.15, -0.1) is 0 Å². The van der Waals surface area contributed by atoms with Crippen LogP contribution in [-0.4, -0.2) is 50.0 Å². The number of hydrogen-bond acceptors (Lipinski definition) is 6. The van der Waals surface area contributed by atoms with Crippen molar-refractivity contribution in [2.45, 2.75) is 50.7 Å². The Hall–Kier alpha value is -1.93. The van der Waals surface area contributed by atoms with E-state index in [9.17, 15) is 18.0 Å². The van der Waals surface area contributed by atoms with E-state index < -0.39 is 27.9 Å². The van der Waals surface area contributed by atoms with E-state index >= 15 is 0 Å². The van der Waals surface area contributed by atoms with Gasteiger partial charge in [-0.3, -0.25) is 13.9 Å². The third kappa shape index (κ3) is 5.27. The monoisotopic (exact) mass is 369 g/mol. The number of carbonyl (C=O) groups is 2. The molecule has 1 fully saturated rings. The summed E-state index contributed by atoms with van der Waals surface area (Å²) < 4.78 is 34.8. The number of ketones is 1. The molecule has 0 spiro atoms. The van der Waals surface area contributed by atoms with Crippen LogP contribution in [-0.2, 0) is 23.8 Å². The molecule has 0 radical (unpaired) electrons. The fourth-order valence-electron chi connectivity index (χ4n) is 2.38. The molecule has 0 aliphatic carbocycles. The molecule has 0 N–H and O–H groups in total. The van der Waals surface area contributed by atoms with Gasteiger partial charge in [-0.1, -0.05) is 17.7 Å². The van der Waals surface area contributed by atoms with Crippen molar-refractivity contribution >= 4 is 22.0 Å². The highest BCUT2D eigenvalue weighted by atomic mass is 32.2. The van der Waals surface area contributed by atoms with Gasteiger partial charge in [-0.2, -0.15) is 8.42 Å². The minimum absolute atomic E-state index is 0.0336. The van der Waals surface area contributed by atoms with Crippen molar-refractivity contribution in [3.05, 3.63) is 29.8 Å². The molecule has 2 rings (SSSR count). The van der Waals surface area contributed by atoms with Crippen molar-refractivity contribution in [2.24, 2.45) is 0 Å². The molecule has 0 saturated carbocycles. The van der Waals surface area contributed by atoms with Gasteiger partial charge < -0.3 is 4.74 Å². The standard InChI is InChI=1S/C17H23NO6S/c1-12-5-7-15(8-6-12)25(21,22)23-11-13-9-14(19)10-18(13)16(20)24-17(2,3)4/h5-8,13H,9-11H2,1-4H3/t13-/m0/s1. The molecule has 25 heavy (non-hydrogen) atoms. The Labute approximate surface area is 148 Å². The minimum atomic E-state index is -3.96. The van der Waals surface area contributed by atoms with Crippen LogP contribution in [0.25, 0.3) is 0 Å². The summed E-state index contributed by atoms with van der Waals surface area (Å²) >= 11 is 0. The van der Waals surface area contributed by atoms with E-state index in [1.807, 2.05) is 6.92 Å². The average molecular weight is 369 g/mol. The third-order valence-corrected chi connectivity index (χ3v) is 4.90. The predicted octanol–water partition coefficient (Wildman–Crippen LogP) is 2.28. The molecule has 1 aliphatic heterocycles. The van der Waals surface area contributed by atoms with Crippen molar-refractivity contribution in [3.8, 4) is 0 Å². The second kappa shape index (κ2) is 7.13. The van der Waals surface area contributed by atoms with Crippen molar-refractivity contribution in [2.75, 3.05) is 13.2 Å². The molecule has 138 valence electrons. The summed E-state index contributed by atoms with van der Waals surface area (Å²) in [7, 11) is -3.96. The molecule has 1 aromatic carbocycles. The van der Waals surface area contributed by atoms with Crippen LogP contribution < -0.4 is 0 Å². The number of aryl methyl sites for hydroxylation is 1. The van der Waals surface area contributed by atoms with Crippen LogP contribution in [0.4, 0.5) is 4.79 Å². The first-order valence-electron chi connectivity index (χ1n) is 7.95. The largest absolute Gasteiger partial charge is 0.444 e. The fourth-order valence-corrected chi connectivity index (χ4v) is 3.32. The second-order valence-corrected chi connectivity index (χ2v) is 8.67. The lowest BCUT2D eigenvalue weighted by molar-refractivity contribution is -0.117. The Balaban J connectivity index is 2.06. The van der Waals surface area contributed by atoms with Crippen LogP contribution in [0.3, 0.4) is 0 Å². The lowest BCUT2D eigenvalue weighted by atomic mass is 10.2. The van der Waals surface area contributed by atoms with Gasteiger partial charge in [-0.25, -0.2) is 4.79 Å². The molecular formula is C17H23NO6S. The molecular weight excluding hydrogens is 346 g/mol. The summed E-state index contributed by atoms with van der Waals surface area (Å²) in [5.41, 5.74) is 0.221. The van der Waals surface area contributed by atoms with Gasteiger partial charge in [0.15, 0.2) is 5.78 Å². The topological polar surface area (TPSA) is 90.0 Å². The predicted molar refractivity (Wildman–Crippen MR) is 90.7 cm³/mol. The fraction of sp³-hybridized carbons (Fsp3) is 0.529. The molecule has 1 aromatic rings. The highest BCUT2D eigenvalue weighted by Gasteiger charge is 2.37. The summed E-state index contributed by atoms with van der Waals surface area (Å²) in [4.78, 5) is 25.2. The van der Waals surface area contributed by atoms with E-state index in [2.05, 4.69) is 0 Å². The maximum Gasteiger partial charge on any atom is 0.411 e. The van der Waals surface area contributed by atoms with Gasteiger partial charge in [0, 0.05) is 6.42 Å². The van der Waals surface area contributed by atoms with Crippen LogP contribution in [0.15, 0.2) is 29.2 Å². The molecule has 1 saturated heterocycles. The molecule has 1 atom stereocenters. The lowest BCUT2D eigenvalue weighted by Gasteiger charge is -2.27. The van der Waals surface area contributed by atoms with Crippen LogP contribution in [0.1, 0.15) is 32.8 Å². The third-order valence-electron chi connectivity index (χ3n) is 3.60. The quantitative estimate of drug-likeness (QED) is 0.757. The maximum atomic E-state index is 12.2. The van der Waals surface area contributed by atoms with Gasteiger partial charge >= 0.3 is 6.09 Å². The number of Topliss-reactive ketones (excluding diaryl/α,β-unsaturated/α-hetero) is 1. The molecule has 0 aromatic heterocycles. The SMILES string of the molecule is Cc1ccc(S(=O)(=O)OC[C@@H]2CC(=O)CN2C(=O)OC(C)(C)C)cc1. The van der Waals surface area contributed by atoms with Crippen molar-refractivity contribution in [1.82, 2.24) is 4.90 Å². The molecule has 1 heterocycles. The van der Waals surface area contributed by atoms with Gasteiger partial charge in [0.25, 0.3) is 10.1 Å². The van der Waals surface area contributed by atoms with Crippen molar-refractivity contribution in [3.63, 3.8) is 0 Å². The summed E-state index contributed by atoms with van der Waals surface area (Å²) in [6.07, 6.45) is -0.609. The van der Waals surface area contributed by atoms with Crippen LogP contribution in [0.5, 0.6) is 0 Å². The first-order chi connectivity index (χ1) is 11.5. The zero-order valence-corrected chi connectivity index (χ0v) is 15.6. The zero-order valence-electron chi connectivity index (χ0n) is 14.8. The van der Waals surface area contributed by atoms with E-state index in [1.54, 1.807) is 32.9 Å². The number of ether oxygens (including phenoxy) is 1. The molecule has 0 bridgehead atoms. The first-order valence-corrected chi connectivity index (χ1v) is 9.36. The average Bonchev–Trinajstić information content (AvgIpc) is 2.85. The minimum Gasteiger partial charge on any atom is -0.444 e. The Morgan fingerprint density at radius 1 is 1.24 bits per heavy atom. The highest BCUT2D eigenvalue weighted by Crippen LogP contribution is 2.21. The number of benzene rings is 1. The number of likely N-dealkylation sites (tertiary alicyclic amines) is 1. The number of hydrogen-bond donors (Lipinski definition) is 0. The van der Waals surface area contributed by atoms with Crippen LogP contribution in [0, 0.1) is 6.92 Å². The Kier molecular flexibility index (Phi) is 5.53. The van der Waals surface area contributed by atoms with Crippen molar-refractivity contribution < 1.29 is 26.9 Å². The van der Waals surface area contributed by atoms with Gasteiger partial charge in [0.05, 0.1) is 24.1 Å². The normalized spacial score (nSPS) is 18.5. The van der Waals surface area contributed by atoms with Crippen LogP contribution >= 0.6 is 0 Å². The van der Waals surface area contributed by atoms with Gasteiger partial charge in [0.1, 0.15) is 5.60 Å². The van der Waals surface area contributed by atoms with E-state index in [-0.39, 0.29) is 30.3 Å². The summed E-state index contributed by atoms with van der Waals surface area (Å²) in [6, 6.07) is 5.58. The van der Waals surface area contributed by atoms with Crippen molar-refractivity contribution in [1.29, 1.82) is 0 Å². The number of carbonyl (C=O) groups excluding carboxylic acids is 2. The smallest absolute Gasteiger partial charge is 0.411 e. The maximum absolute atomic E-state index is 12.2. The van der Waals surface area contributed by atoms with Gasteiger partial charge in [0.2, 0.25) is 0 Å². The summed E-state index contributed by atoms with van der Waals surface area (Å²) in [5.74, 6) is -0.160. The first kappa shape index (κ1) is 19.4. The summed E-state index contributed by atoms with van der Waals surface area (Å²) in [6.45, 7) is 6.61. The Morgan fingerprint density at radius 3 is 2.40 bits per heavy atom. The van der Waals surface area contributed by atoms with Gasteiger partial charge in [-0.05, 0) is 39.8 Å². The second-order valence-electron chi connectivity index (χ2n) is 7.06. The van der Waals surface area contributed by atoms with Crippen LogP contribution in [0.2, 0.25) is 0 Å². The molecule has 7 nitrogen and oxygen atoms in total.